The van der Waals surface area contributed by atoms with E-state index in [9.17, 15) is 4.79 Å². The van der Waals surface area contributed by atoms with E-state index >= 15 is 0 Å². The summed E-state index contributed by atoms with van der Waals surface area (Å²) in [6, 6.07) is 7.89. The lowest BCUT2D eigenvalue weighted by Crippen LogP contribution is -2.00. The number of ether oxygens (including phenoxy) is 1. The molecule has 0 fully saturated rings. The van der Waals surface area contributed by atoms with Crippen LogP contribution in [0.1, 0.15) is 17.3 Å². The summed E-state index contributed by atoms with van der Waals surface area (Å²) in [5.41, 5.74) is 7.64. The molecular weight excluding hydrogens is 352 g/mol. The lowest BCUT2D eigenvalue weighted by atomic mass is 10.2. The van der Waals surface area contributed by atoms with E-state index < -0.39 is 5.97 Å². The number of carboxylic acids is 1. The van der Waals surface area contributed by atoms with Crippen molar-refractivity contribution >= 4 is 22.8 Å². The lowest BCUT2D eigenvalue weighted by molar-refractivity contribution is 0.0696. The Morgan fingerprint density at radius 1 is 1.33 bits per heavy atom. The Morgan fingerprint density at radius 3 is 2.89 bits per heavy atom. The zero-order valence-electron chi connectivity index (χ0n) is 14.2. The minimum Gasteiger partial charge on any atom is -0.478 e. The first kappa shape index (κ1) is 16.5. The standard InChI is InChI=1S/C17H14N6O4/c1-2-23-12-7-13(26-10-5-3-4-9(6-10)17(24)25)19-8-11(12)20-16(23)14-15(18)22-27-21-14/h3-8H,2H2,1H3,(H2,18,22)(H,24,25). The molecule has 3 heterocycles. The van der Waals surface area contributed by atoms with Crippen LogP contribution in [0.25, 0.3) is 22.6 Å². The van der Waals surface area contributed by atoms with E-state index in [2.05, 4.69) is 24.9 Å². The largest absolute Gasteiger partial charge is 0.478 e. The molecule has 0 aliphatic carbocycles. The summed E-state index contributed by atoms with van der Waals surface area (Å²) in [6.45, 7) is 2.54. The topological polar surface area (TPSA) is 142 Å². The molecular formula is C17H14N6O4. The molecule has 0 amide bonds. The van der Waals surface area contributed by atoms with E-state index in [1.807, 2.05) is 11.5 Å². The van der Waals surface area contributed by atoms with Crippen LogP contribution in [0.2, 0.25) is 0 Å². The molecule has 0 atom stereocenters. The molecule has 10 nitrogen and oxygen atoms in total. The summed E-state index contributed by atoms with van der Waals surface area (Å²) >= 11 is 0. The number of aromatic carboxylic acids is 1. The van der Waals surface area contributed by atoms with Crippen molar-refractivity contribution in [2.24, 2.45) is 0 Å². The Bertz CT molecular complexity index is 1150. The number of carboxylic acid groups (broad SMARTS) is 1. The van der Waals surface area contributed by atoms with Gasteiger partial charge in [-0.3, -0.25) is 0 Å². The summed E-state index contributed by atoms with van der Waals surface area (Å²) in [6.07, 6.45) is 1.56. The summed E-state index contributed by atoms with van der Waals surface area (Å²) < 4.78 is 12.3. The number of carbonyl (C=O) groups is 1. The van der Waals surface area contributed by atoms with Crippen LogP contribution >= 0.6 is 0 Å². The number of nitrogen functional groups attached to an aromatic ring is 1. The Balaban J connectivity index is 1.75. The minimum absolute atomic E-state index is 0.128. The molecule has 0 radical (unpaired) electrons. The van der Waals surface area contributed by atoms with Gasteiger partial charge in [0.1, 0.15) is 11.3 Å². The normalized spacial score (nSPS) is 11.0. The second-order valence-electron chi connectivity index (χ2n) is 5.62. The van der Waals surface area contributed by atoms with Crippen molar-refractivity contribution in [3.63, 3.8) is 0 Å². The van der Waals surface area contributed by atoms with Crippen molar-refractivity contribution < 1.29 is 19.3 Å². The highest BCUT2D eigenvalue weighted by Gasteiger charge is 2.19. The first-order valence-electron chi connectivity index (χ1n) is 8.02. The summed E-state index contributed by atoms with van der Waals surface area (Å²) in [7, 11) is 0. The molecule has 10 heteroatoms. The van der Waals surface area contributed by atoms with Crippen molar-refractivity contribution in [3.8, 4) is 23.1 Å². The van der Waals surface area contributed by atoms with Crippen LogP contribution in [0.5, 0.6) is 11.6 Å². The summed E-state index contributed by atoms with van der Waals surface area (Å²) in [5, 5.41) is 16.5. The minimum atomic E-state index is -1.03. The molecule has 0 bridgehead atoms. The molecule has 0 spiro atoms. The average molecular weight is 366 g/mol. The second kappa shape index (κ2) is 6.41. The van der Waals surface area contributed by atoms with Gasteiger partial charge in [-0.1, -0.05) is 6.07 Å². The third kappa shape index (κ3) is 2.92. The smallest absolute Gasteiger partial charge is 0.335 e. The molecule has 3 N–H and O–H groups in total. The van der Waals surface area contributed by atoms with E-state index in [0.29, 0.717) is 35.2 Å². The molecule has 0 aliphatic heterocycles. The van der Waals surface area contributed by atoms with Crippen molar-refractivity contribution in [3.05, 3.63) is 42.1 Å². The SMILES string of the molecule is CCn1c(-c2nonc2N)nc2cnc(Oc3cccc(C(=O)O)c3)cc21. The number of nitrogens with two attached hydrogens (primary N) is 1. The first-order valence-corrected chi connectivity index (χ1v) is 8.02. The number of hydrogen-bond donors (Lipinski definition) is 2. The van der Waals surface area contributed by atoms with Crippen LogP contribution in [0.4, 0.5) is 5.82 Å². The first-order chi connectivity index (χ1) is 13.1. The van der Waals surface area contributed by atoms with Crippen LogP contribution < -0.4 is 10.5 Å². The molecule has 27 heavy (non-hydrogen) atoms. The van der Waals surface area contributed by atoms with Crippen LogP contribution in [0.15, 0.2) is 41.2 Å². The van der Waals surface area contributed by atoms with Gasteiger partial charge in [0.25, 0.3) is 0 Å². The predicted molar refractivity (Wildman–Crippen MR) is 94.4 cm³/mol. The molecule has 136 valence electrons. The molecule has 4 rings (SSSR count). The van der Waals surface area contributed by atoms with Gasteiger partial charge in [-0.05, 0) is 35.4 Å². The highest BCUT2D eigenvalue weighted by atomic mass is 16.6. The monoisotopic (exact) mass is 366 g/mol. The molecule has 0 saturated heterocycles. The second-order valence-corrected chi connectivity index (χ2v) is 5.62. The number of aromatic nitrogens is 5. The fourth-order valence-corrected chi connectivity index (χ4v) is 2.73. The Hall–Kier alpha value is -3.95. The van der Waals surface area contributed by atoms with Gasteiger partial charge in [0.05, 0.1) is 17.3 Å². The van der Waals surface area contributed by atoms with Gasteiger partial charge in [-0.15, -0.1) is 0 Å². The van der Waals surface area contributed by atoms with Gasteiger partial charge in [-0.2, -0.15) is 0 Å². The molecule has 4 aromatic rings. The average Bonchev–Trinajstić information content (AvgIpc) is 3.24. The van der Waals surface area contributed by atoms with E-state index in [-0.39, 0.29) is 11.4 Å². The van der Waals surface area contributed by atoms with Gasteiger partial charge >= 0.3 is 5.97 Å². The lowest BCUT2D eigenvalue weighted by Gasteiger charge is -2.07. The fraction of sp³-hybridized carbons (Fsp3) is 0.118. The van der Waals surface area contributed by atoms with E-state index in [1.165, 1.54) is 12.1 Å². The van der Waals surface area contributed by atoms with Gasteiger partial charge in [0, 0.05) is 12.6 Å². The molecule has 0 saturated carbocycles. The Morgan fingerprint density at radius 2 is 2.19 bits per heavy atom. The number of pyridine rings is 1. The summed E-state index contributed by atoms with van der Waals surface area (Å²) in [4.78, 5) is 19.8. The number of imidazole rings is 1. The van der Waals surface area contributed by atoms with Crippen LogP contribution in [0.3, 0.4) is 0 Å². The van der Waals surface area contributed by atoms with Crippen LogP contribution in [0, 0.1) is 0 Å². The number of rotatable bonds is 5. The maximum Gasteiger partial charge on any atom is 0.335 e. The fourth-order valence-electron chi connectivity index (χ4n) is 2.73. The van der Waals surface area contributed by atoms with E-state index in [4.69, 9.17) is 15.6 Å². The number of aryl methyl sites for hydroxylation is 1. The van der Waals surface area contributed by atoms with Gasteiger partial charge < -0.3 is 20.1 Å². The Labute approximate surface area is 152 Å². The molecule has 0 unspecified atom stereocenters. The quantitative estimate of drug-likeness (QED) is 0.544. The zero-order chi connectivity index (χ0) is 19.0. The zero-order valence-corrected chi connectivity index (χ0v) is 14.2. The summed E-state index contributed by atoms with van der Waals surface area (Å²) in [5.74, 6) is 0.302. The Kier molecular flexibility index (Phi) is 3.92. The third-order valence-electron chi connectivity index (χ3n) is 3.95. The van der Waals surface area contributed by atoms with Crippen molar-refractivity contribution in [1.82, 2.24) is 24.8 Å². The number of benzene rings is 1. The van der Waals surface area contributed by atoms with Gasteiger partial charge in [0.2, 0.25) is 5.88 Å². The van der Waals surface area contributed by atoms with Crippen molar-refractivity contribution in [2.75, 3.05) is 5.73 Å². The van der Waals surface area contributed by atoms with E-state index in [0.717, 1.165) is 5.52 Å². The molecule has 1 aromatic carbocycles. The van der Waals surface area contributed by atoms with Crippen molar-refractivity contribution in [1.29, 1.82) is 0 Å². The van der Waals surface area contributed by atoms with Gasteiger partial charge in [0.15, 0.2) is 17.3 Å². The number of fused-ring (bicyclic) bond motifs is 1. The highest BCUT2D eigenvalue weighted by Crippen LogP contribution is 2.29. The van der Waals surface area contributed by atoms with Crippen LogP contribution in [-0.2, 0) is 6.54 Å². The number of hydrogen-bond acceptors (Lipinski definition) is 8. The predicted octanol–water partition coefficient (Wildman–Crippen LogP) is 2.57. The van der Waals surface area contributed by atoms with E-state index in [1.54, 1.807) is 24.4 Å². The number of anilines is 1. The maximum absolute atomic E-state index is 11.1. The van der Waals surface area contributed by atoms with Gasteiger partial charge in [-0.25, -0.2) is 19.4 Å². The highest BCUT2D eigenvalue weighted by molar-refractivity contribution is 5.88. The maximum atomic E-state index is 11.1. The third-order valence-corrected chi connectivity index (χ3v) is 3.95. The number of nitrogens with zero attached hydrogens (tertiary/aromatic N) is 5. The van der Waals surface area contributed by atoms with Crippen LogP contribution in [-0.4, -0.2) is 35.9 Å². The van der Waals surface area contributed by atoms with Crippen molar-refractivity contribution in [2.45, 2.75) is 13.5 Å². The molecule has 3 aromatic heterocycles. The molecule has 0 aliphatic rings.